The molecule has 2 N–H and O–H groups in total. The fourth-order valence-corrected chi connectivity index (χ4v) is 1.83. The lowest BCUT2D eigenvalue weighted by Crippen LogP contribution is -2.49. The Bertz CT molecular complexity index is 172. The molecule has 1 aliphatic heterocycles. The third-order valence-corrected chi connectivity index (χ3v) is 3.21. The summed E-state index contributed by atoms with van der Waals surface area (Å²) in [5.41, 5.74) is -0.422. The first kappa shape index (κ1) is 9.44. The van der Waals surface area contributed by atoms with Crippen LogP contribution in [0.3, 0.4) is 0 Å². The van der Waals surface area contributed by atoms with Crippen LogP contribution in [0.4, 0.5) is 0 Å². The maximum absolute atomic E-state index is 10.2. The minimum Gasteiger partial charge on any atom is -0.388 e. The fourth-order valence-electron chi connectivity index (χ4n) is 1.83. The van der Waals surface area contributed by atoms with E-state index in [1.54, 1.807) is 0 Å². The van der Waals surface area contributed by atoms with E-state index in [0.717, 1.165) is 32.5 Å². The van der Waals surface area contributed by atoms with Crippen molar-refractivity contribution >= 4 is 0 Å². The Kier molecular flexibility index (Phi) is 2.58. The first-order valence-electron chi connectivity index (χ1n) is 5.32. The van der Waals surface area contributed by atoms with Gasteiger partial charge in [-0.15, -0.1) is 0 Å². The fraction of sp³-hybridized carbons (Fsp3) is 1.00. The van der Waals surface area contributed by atoms with Gasteiger partial charge in [0.2, 0.25) is 0 Å². The van der Waals surface area contributed by atoms with Gasteiger partial charge in [0.15, 0.2) is 0 Å². The van der Waals surface area contributed by atoms with E-state index < -0.39 is 5.60 Å². The first-order chi connectivity index (χ1) is 6.18. The van der Waals surface area contributed by atoms with Crippen molar-refractivity contribution in [2.45, 2.75) is 37.3 Å². The van der Waals surface area contributed by atoms with Crippen molar-refractivity contribution in [1.29, 1.82) is 0 Å². The minimum atomic E-state index is -0.422. The van der Waals surface area contributed by atoms with Crippen LogP contribution < -0.4 is 5.32 Å². The van der Waals surface area contributed by atoms with Crippen LogP contribution in [0.25, 0.3) is 0 Å². The number of rotatable bonds is 3. The van der Waals surface area contributed by atoms with Crippen molar-refractivity contribution in [3.05, 3.63) is 0 Å². The van der Waals surface area contributed by atoms with Gasteiger partial charge in [-0.05, 0) is 32.7 Å². The van der Waals surface area contributed by atoms with Crippen molar-refractivity contribution in [2.75, 3.05) is 26.7 Å². The monoisotopic (exact) mass is 184 g/mol. The Morgan fingerprint density at radius 2 is 2.00 bits per heavy atom. The van der Waals surface area contributed by atoms with Crippen LogP contribution in [-0.4, -0.2) is 48.3 Å². The molecule has 0 unspecified atom stereocenters. The summed E-state index contributed by atoms with van der Waals surface area (Å²) in [4.78, 5) is 2.28. The summed E-state index contributed by atoms with van der Waals surface area (Å²) >= 11 is 0. The van der Waals surface area contributed by atoms with Crippen LogP contribution in [0.5, 0.6) is 0 Å². The molecule has 2 rings (SSSR count). The SMILES string of the molecule is CN1CCC(O)(CNC2CC2)CC1. The van der Waals surface area contributed by atoms with Gasteiger partial charge in [0.1, 0.15) is 0 Å². The lowest BCUT2D eigenvalue weighted by molar-refractivity contribution is -0.0145. The predicted molar refractivity (Wildman–Crippen MR) is 52.7 cm³/mol. The van der Waals surface area contributed by atoms with Gasteiger partial charge in [0.25, 0.3) is 0 Å². The van der Waals surface area contributed by atoms with Gasteiger partial charge in [-0.3, -0.25) is 0 Å². The number of hydrogen-bond acceptors (Lipinski definition) is 3. The molecule has 0 radical (unpaired) electrons. The van der Waals surface area contributed by atoms with Crippen LogP contribution in [0.1, 0.15) is 25.7 Å². The van der Waals surface area contributed by atoms with E-state index >= 15 is 0 Å². The molecule has 0 amide bonds. The number of nitrogens with zero attached hydrogens (tertiary/aromatic N) is 1. The summed E-state index contributed by atoms with van der Waals surface area (Å²) in [7, 11) is 2.12. The first-order valence-corrected chi connectivity index (χ1v) is 5.32. The zero-order valence-electron chi connectivity index (χ0n) is 8.42. The highest BCUT2D eigenvalue weighted by Gasteiger charge is 2.32. The standard InChI is InChI=1S/C10H20N2O/c1-12-6-4-10(13,5-7-12)8-11-9-2-3-9/h9,11,13H,2-8H2,1H3. The molecule has 0 atom stereocenters. The van der Waals surface area contributed by atoms with Crippen LogP contribution in [0, 0.1) is 0 Å². The number of nitrogens with one attached hydrogen (secondary N) is 1. The quantitative estimate of drug-likeness (QED) is 0.657. The molecule has 1 saturated carbocycles. The Morgan fingerprint density at radius 3 is 2.54 bits per heavy atom. The Morgan fingerprint density at radius 1 is 1.38 bits per heavy atom. The molecule has 0 aromatic carbocycles. The van der Waals surface area contributed by atoms with Crippen molar-refractivity contribution in [3.63, 3.8) is 0 Å². The van der Waals surface area contributed by atoms with E-state index in [-0.39, 0.29) is 0 Å². The van der Waals surface area contributed by atoms with Gasteiger partial charge >= 0.3 is 0 Å². The van der Waals surface area contributed by atoms with Gasteiger partial charge in [-0.1, -0.05) is 0 Å². The molecule has 0 aromatic heterocycles. The van der Waals surface area contributed by atoms with E-state index in [1.807, 2.05) is 0 Å². The lowest BCUT2D eigenvalue weighted by Gasteiger charge is -2.36. The summed E-state index contributed by atoms with van der Waals surface area (Å²) in [5.74, 6) is 0. The molecular weight excluding hydrogens is 164 g/mol. The second kappa shape index (κ2) is 3.56. The third kappa shape index (κ3) is 2.66. The molecule has 3 nitrogen and oxygen atoms in total. The van der Waals surface area contributed by atoms with E-state index in [9.17, 15) is 5.11 Å². The zero-order valence-corrected chi connectivity index (χ0v) is 8.42. The predicted octanol–water partition coefficient (Wildman–Crippen LogP) is 0.195. The lowest BCUT2D eigenvalue weighted by atomic mass is 9.91. The molecular formula is C10H20N2O. The van der Waals surface area contributed by atoms with E-state index in [2.05, 4.69) is 17.3 Å². The Labute approximate surface area is 80.1 Å². The molecule has 0 bridgehead atoms. The topological polar surface area (TPSA) is 35.5 Å². The van der Waals surface area contributed by atoms with Crippen molar-refractivity contribution < 1.29 is 5.11 Å². The van der Waals surface area contributed by atoms with Crippen LogP contribution >= 0.6 is 0 Å². The highest BCUT2D eigenvalue weighted by molar-refractivity contribution is 4.90. The maximum atomic E-state index is 10.2. The molecule has 0 spiro atoms. The molecule has 2 aliphatic rings. The molecule has 3 heteroatoms. The summed E-state index contributed by atoms with van der Waals surface area (Å²) in [6.45, 7) is 2.86. The summed E-state index contributed by atoms with van der Waals surface area (Å²) in [6.07, 6.45) is 4.44. The molecule has 1 saturated heterocycles. The van der Waals surface area contributed by atoms with Crippen molar-refractivity contribution in [1.82, 2.24) is 10.2 Å². The van der Waals surface area contributed by atoms with Crippen molar-refractivity contribution in [3.8, 4) is 0 Å². The molecule has 1 heterocycles. The van der Waals surface area contributed by atoms with Crippen LogP contribution in [0.15, 0.2) is 0 Å². The van der Waals surface area contributed by atoms with Gasteiger partial charge in [0, 0.05) is 25.7 Å². The second-order valence-electron chi connectivity index (χ2n) is 4.68. The molecule has 13 heavy (non-hydrogen) atoms. The number of likely N-dealkylation sites (tertiary alicyclic amines) is 1. The molecule has 1 aliphatic carbocycles. The van der Waals surface area contributed by atoms with Crippen LogP contribution in [0.2, 0.25) is 0 Å². The largest absolute Gasteiger partial charge is 0.388 e. The molecule has 0 aromatic rings. The van der Waals surface area contributed by atoms with Gasteiger partial charge in [-0.2, -0.15) is 0 Å². The van der Waals surface area contributed by atoms with E-state index in [1.165, 1.54) is 12.8 Å². The average molecular weight is 184 g/mol. The van der Waals surface area contributed by atoms with Gasteiger partial charge in [0.05, 0.1) is 5.60 Å². The summed E-state index contributed by atoms with van der Waals surface area (Å²) in [6, 6.07) is 0.712. The summed E-state index contributed by atoms with van der Waals surface area (Å²) < 4.78 is 0. The average Bonchev–Trinajstić information content (AvgIpc) is 2.91. The minimum absolute atomic E-state index is 0.422. The van der Waals surface area contributed by atoms with Gasteiger partial charge in [-0.25, -0.2) is 0 Å². The maximum Gasteiger partial charge on any atom is 0.0796 e. The van der Waals surface area contributed by atoms with Crippen molar-refractivity contribution in [2.24, 2.45) is 0 Å². The highest BCUT2D eigenvalue weighted by Crippen LogP contribution is 2.24. The Hall–Kier alpha value is -0.120. The number of piperidine rings is 1. The van der Waals surface area contributed by atoms with E-state index in [0.29, 0.717) is 6.04 Å². The number of aliphatic hydroxyl groups is 1. The summed E-state index contributed by atoms with van der Waals surface area (Å²) in [5, 5.41) is 13.6. The third-order valence-electron chi connectivity index (χ3n) is 3.21. The normalized spacial score (nSPS) is 29.1. The van der Waals surface area contributed by atoms with Gasteiger partial charge < -0.3 is 15.3 Å². The Balaban J connectivity index is 1.74. The molecule has 76 valence electrons. The molecule has 2 fully saturated rings. The highest BCUT2D eigenvalue weighted by atomic mass is 16.3. The van der Waals surface area contributed by atoms with Crippen LogP contribution in [-0.2, 0) is 0 Å². The second-order valence-corrected chi connectivity index (χ2v) is 4.68. The number of hydrogen-bond donors (Lipinski definition) is 2. The zero-order chi connectivity index (χ0) is 9.31. The van der Waals surface area contributed by atoms with E-state index in [4.69, 9.17) is 0 Å². The smallest absolute Gasteiger partial charge is 0.0796 e.